The fourth-order valence-electron chi connectivity index (χ4n) is 2.55. The zero-order valence-electron chi connectivity index (χ0n) is 13.8. The van der Waals surface area contributed by atoms with Crippen molar-refractivity contribution in [2.45, 2.75) is 18.7 Å². The first-order valence-electron chi connectivity index (χ1n) is 7.72. The number of aromatic nitrogens is 2. The lowest BCUT2D eigenvalue weighted by molar-refractivity contribution is 0.102. The molecule has 3 aromatic rings. The highest BCUT2D eigenvalue weighted by Crippen LogP contribution is 2.23. The third-order valence-electron chi connectivity index (χ3n) is 3.58. The van der Waals surface area contributed by atoms with E-state index in [1.807, 2.05) is 24.5 Å². The van der Waals surface area contributed by atoms with Crippen molar-refractivity contribution in [3.63, 3.8) is 0 Å². The van der Waals surface area contributed by atoms with Gasteiger partial charge in [-0.25, -0.2) is 4.98 Å². The lowest BCUT2D eigenvalue weighted by atomic mass is 10.3. The number of thiocyanates is 1. The average Bonchev–Trinajstić information content (AvgIpc) is 2.94. The van der Waals surface area contributed by atoms with E-state index in [1.54, 1.807) is 41.8 Å². The first-order valence-corrected chi connectivity index (χ1v) is 8.53. The van der Waals surface area contributed by atoms with Crippen LogP contribution in [-0.2, 0) is 0 Å². The van der Waals surface area contributed by atoms with Crippen LogP contribution < -0.4 is 10.1 Å². The van der Waals surface area contributed by atoms with E-state index in [2.05, 4.69) is 10.3 Å². The van der Waals surface area contributed by atoms with E-state index < -0.39 is 0 Å². The Morgan fingerprint density at radius 3 is 2.80 bits per heavy atom. The lowest BCUT2D eigenvalue weighted by Gasteiger charge is -2.08. The molecule has 25 heavy (non-hydrogen) atoms. The summed E-state index contributed by atoms with van der Waals surface area (Å²) in [4.78, 5) is 18.0. The zero-order valence-corrected chi connectivity index (χ0v) is 14.6. The van der Waals surface area contributed by atoms with Gasteiger partial charge < -0.3 is 10.1 Å². The van der Waals surface area contributed by atoms with E-state index in [-0.39, 0.29) is 5.91 Å². The number of amides is 1. The molecule has 6 nitrogen and oxygen atoms in total. The van der Waals surface area contributed by atoms with Crippen LogP contribution in [0.1, 0.15) is 23.1 Å². The number of nitriles is 1. The summed E-state index contributed by atoms with van der Waals surface area (Å²) in [6.45, 7) is 4.23. The molecule has 1 amide bonds. The molecule has 0 aliphatic rings. The van der Waals surface area contributed by atoms with Gasteiger partial charge in [-0.2, -0.15) is 5.26 Å². The van der Waals surface area contributed by atoms with Crippen LogP contribution in [0.15, 0.2) is 47.5 Å². The van der Waals surface area contributed by atoms with Gasteiger partial charge in [-0.15, -0.1) is 0 Å². The number of imidazole rings is 1. The molecular formula is C18H16N4O2S. The Balaban J connectivity index is 1.90. The largest absolute Gasteiger partial charge is 0.490 e. The van der Waals surface area contributed by atoms with Crippen LogP contribution >= 0.6 is 11.8 Å². The van der Waals surface area contributed by atoms with Crippen LogP contribution in [-0.4, -0.2) is 21.9 Å². The van der Waals surface area contributed by atoms with E-state index in [0.717, 1.165) is 16.7 Å². The van der Waals surface area contributed by atoms with Gasteiger partial charge in [0, 0.05) is 16.8 Å². The minimum Gasteiger partial charge on any atom is -0.490 e. The topological polar surface area (TPSA) is 79.4 Å². The molecule has 2 heterocycles. The minimum atomic E-state index is -0.251. The van der Waals surface area contributed by atoms with Gasteiger partial charge in [-0.3, -0.25) is 9.20 Å². The van der Waals surface area contributed by atoms with E-state index >= 15 is 0 Å². The van der Waals surface area contributed by atoms with Crippen LogP contribution in [0.5, 0.6) is 5.75 Å². The fourth-order valence-corrected chi connectivity index (χ4v) is 2.92. The second-order valence-corrected chi connectivity index (χ2v) is 6.07. The van der Waals surface area contributed by atoms with Crippen LogP contribution in [0.25, 0.3) is 5.65 Å². The SMILES string of the molecule is CCOc1cccn2c(C(=O)Nc3ccc(SC#N)cc3)c(C)nc12. The number of hydrogen-bond acceptors (Lipinski definition) is 5. The number of ether oxygens (including phenoxy) is 1. The summed E-state index contributed by atoms with van der Waals surface area (Å²) >= 11 is 1.08. The molecule has 0 unspecified atom stereocenters. The molecule has 7 heteroatoms. The third-order valence-corrected chi connectivity index (χ3v) is 4.18. The van der Waals surface area contributed by atoms with E-state index in [1.165, 1.54) is 0 Å². The highest BCUT2D eigenvalue weighted by Gasteiger charge is 2.18. The standard InChI is InChI=1S/C18H16N4O2S/c1-3-24-15-5-4-10-22-16(12(2)20-17(15)22)18(23)21-13-6-8-14(9-7-13)25-11-19/h4-10H,3H2,1-2H3,(H,21,23). The Hall–Kier alpha value is -2.98. The number of fused-ring (bicyclic) bond motifs is 1. The van der Waals surface area contributed by atoms with Gasteiger partial charge in [0.25, 0.3) is 5.91 Å². The summed E-state index contributed by atoms with van der Waals surface area (Å²) in [6, 6.07) is 10.8. The monoisotopic (exact) mass is 352 g/mol. The fraction of sp³-hybridized carbons (Fsp3) is 0.167. The molecular weight excluding hydrogens is 336 g/mol. The molecule has 3 rings (SSSR count). The average molecular weight is 352 g/mol. The molecule has 0 saturated carbocycles. The molecule has 126 valence electrons. The summed E-state index contributed by atoms with van der Waals surface area (Å²) < 4.78 is 7.31. The number of rotatable bonds is 5. The molecule has 0 aliphatic heterocycles. The minimum absolute atomic E-state index is 0.251. The third kappa shape index (κ3) is 3.44. The van der Waals surface area contributed by atoms with Gasteiger partial charge in [-0.1, -0.05) is 0 Å². The summed E-state index contributed by atoms with van der Waals surface area (Å²) in [5.41, 5.74) is 2.36. The van der Waals surface area contributed by atoms with E-state index in [4.69, 9.17) is 10.00 Å². The van der Waals surface area contributed by atoms with Crippen molar-refractivity contribution in [1.29, 1.82) is 5.26 Å². The molecule has 1 N–H and O–H groups in total. The lowest BCUT2D eigenvalue weighted by Crippen LogP contribution is -2.15. The summed E-state index contributed by atoms with van der Waals surface area (Å²) in [7, 11) is 0. The predicted octanol–water partition coefficient (Wildman–Crippen LogP) is 3.87. The Kier molecular flexibility index (Phi) is 4.91. The maximum absolute atomic E-state index is 12.7. The zero-order chi connectivity index (χ0) is 17.8. The Morgan fingerprint density at radius 2 is 2.12 bits per heavy atom. The number of nitrogens with zero attached hydrogens (tertiary/aromatic N) is 3. The second-order valence-electron chi connectivity index (χ2n) is 5.22. The number of thioether (sulfide) groups is 1. The summed E-state index contributed by atoms with van der Waals surface area (Å²) in [5, 5.41) is 13.6. The molecule has 2 aromatic heterocycles. The number of hydrogen-bond donors (Lipinski definition) is 1. The first-order chi connectivity index (χ1) is 12.1. The van der Waals surface area contributed by atoms with Gasteiger partial charge in [0.1, 0.15) is 11.1 Å². The van der Waals surface area contributed by atoms with E-state index in [0.29, 0.717) is 35.1 Å². The molecule has 0 fully saturated rings. The van der Waals surface area contributed by atoms with Gasteiger partial charge in [0.05, 0.1) is 12.3 Å². The van der Waals surface area contributed by atoms with Crippen molar-refractivity contribution >= 4 is 29.0 Å². The maximum Gasteiger partial charge on any atom is 0.274 e. The number of carbonyl (C=O) groups excluding carboxylic acids is 1. The quantitative estimate of drug-likeness (QED) is 0.557. The van der Waals surface area contributed by atoms with E-state index in [9.17, 15) is 4.79 Å². The van der Waals surface area contributed by atoms with Crippen LogP contribution in [0.4, 0.5) is 5.69 Å². The van der Waals surface area contributed by atoms with Crippen molar-refractivity contribution in [2.75, 3.05) is 11.9 Å². The molecule has 0 saturated heterocycles. The van der Waals surface area contributed by atoms with Gasteiger partial charge in [0.15, 0.2) is 11.4 Å². The number of aryl methyl sites for hydroxylation is 1. The van der Waals surface area contributed by atoms with Crippen molar-refractivity contribution < 1.29 is 9.53 Å². The normalized spacial score (nSPS) is 10.4. The molecule has 1 aromatic carbocycles. The number of anilines is 1. The highest BCUT2D eigenvalue weighted by atomic mass is 32.2. The molecule has 0 bridgehead atoms. The number of pyridine rings is 1. The van der Waals surface area contributed by atoms with Crippen LogP contribution in [0.2, 0.25) is 0 Å². The molecule has 0 spiro atoms. The Labute approximate surface area is 149 Å². The first kappa shape index (κ1) is 16.9. The van der Waals surface area contributed by atoms with Gasteiger partial charge in [0.2, 0.25) is 0 Å². The second kappa shape index (κ2) is 7.28. The molecule has 0 aliphatic carbocycles. The van der Waals surface area contributed by atoms with Crippen molar-refractivity contribution in [3.05, 3.63) is 54.0 Å². The summed E-state index contributed by atoms with van der Waals surface area (Å²) in [6.07, 6.45) is 1.79. The molecule has 0 atom stereocenters. The van der Waals surface area contributed by atoms with Crippen LogP contribution in [0, 0.1) is 17.6 Å². The highest BCUT2D eigenvalue weighted by molar-refractivity contribution is 8.03. The van der Waals surface area contributed by atoms with Crippen molar-refractivity contribution in [1.82, 2.24) is 9.38 Å². The summed E-state index contributed by atoms with van der Waals surface area (Å²) in [5.74, 6) is 0.393. The maximum atomic E-state index is 12.7. The van der Waals surface area contributed by atoms with Crippen molar-refractivity contribution in [3.8, 4) is 11.2 Å². The predicted molar refractivity (Wildman–Crippen MR) is 97.0 cm³/mol. The van der Waals surface area contributed by atoms with Gasteiger partial charge in [-0.05, 0) is 62.0 Å². The Morgan fingerprint density at radius 1 is 1.36 bits per heavy atom. The Bertz CT molecular complexity index is 958. The number of benzene rings is 1. The number of carbonyl (C=O) groups is 1. The smallest absolute Gasteiger partial charge is 0.274 e. The van der Waals surface area contributed by atoms with Crippen LogP contribution in [0.3, 0.4) is 0 Å². The number of nitrogens with one attached hydrogen (secondary N) is 1. The van der Waals surface area contributed by atoms with Crippen molar-refractivity contribution in [2.24, 2.45) is 0 Å². The molecule has 0 radical (unpaired) electrons. The van der Waals surface area contributed by atoms with Gasteiger partial charge >= 0.3 is 0 Å².